The quantitative estimate of drug-likeness (QED) is 0.766. The first kappa shape index (κ1) is 18.6. The van der Waals surface area contributed by atoms with Gasteiger partial charge in [0.25, 0.3) is 5.91 Å². The van der Waals surface area contributed by atoms with E-state index in [1.807, 2.05) is 0 Å². The van der Waals surface area contributed by atoms with Crippen LogP contribution in [0, 0.1) is 0 Å². The molecule has 0 aliphatic rings. The predicted octanol–water partition coefficient (Wildman–Crippen LogP) is 2.83. The molecule has 0 atom stereocenters. The lowest BCUT2D eigenvalue weighted by atomic mass is 10.1. The summed E-state index contributed by atoms with van der Waals surface area (Å²) in [4.78, 5) is 23.6. The van der Waals surface area contributed by atoms with Crippen LogP contribution in [0.5, 0.6) is 11.5 Å². The maximum absolute atomic E-state index is 11.9. The molecular weight excluding hydrogens is 346 g/mol. The number of carbonyl (C=O) groups is 2. The average molecular weight is 364 g/mol. The van der Waals surface area contributed by atoms with Gasteiger partial charge in [-0.1, -0.05) is 17.7 Å². The Morgan fingerprint density at radius 3 is 2.44 bits per heavy atom. The van der Waals surface area contributed by atoms with Crippen LogP contribution in [0.2, 0.25) is 5.02 Å². The van der Waals surface area contributed by atoms with Gasteiger partial charge in [-0.2, -0.15) is 0 Å². The highest BCUT2D eigenvalue weighted by atomic mass is 35.5. The van der Waals surface area contributed by atoms with Crippen LogP contribution in [-0.2, 0) is 16.1 Å². The fourth-order valence-electron chi connectivity index (χ4n) is 2.07. The summed E-state index contributed by atoms with van der Waals surface area (Å²) in [6, 6.07) is 11.7. The average Bonchev–Trinajstić information content (AvgIpc) is 2.65. The number of esters is 1. The lowest BCUT2D eigenvalue weighted by Gasteiger charge is -2.11. The molecule has 0 unspecified atom stereocenters. The third-order valence-corrected chi connectivity index (χ3v) is 3.59. The standard InChI is InChI=1S/C18H18ClNO5/c1-23-16-8-3-12(9-15(16)18(22)24-2)10-20-17(21)11-25-14-6-4-13(19)5-7-14/h3-9H,10-11H2,1-2H3,(H,20,21). The number of hydrogen-bond donors (Lipinski definition) is 1. The molecular formula is C18H18ClNO5. The molecule has 0 bridgehead atoms. The van der Waals surface area contributed by atoms with Gasteiger partial charge in [0.15, 0.2) is 6.61 Å². The fraction of sp³-hybridized carbons (Fsp3) is 0.222. The molecule has 0 radical (unpaired) electrons. The van der Waals surface area contributed by atoms with Crippen LogP contribution in [0.15, 0.2) is 42.5 Å². The number of methoxy groups -OCH3 is 2. The van der Waals surface area contributed by atoms with Crippen LogP contribution in [0.3, 0.4) is 0 Å². The van der Waals surface area contributed by atoms with E-state index < -0.39 is 5.97 Å². The van der Waals surface area contributed by atoms with Gasteiger partial charge in [0, 0.05) is 11.6 Å². The largest absolute Gasteiger partial charge is 0.496 e. The van der Waals surface area contributed by atoms with Crippen molar-refractivity contribution in [2.75, 3.05) is 20.8 Å². The van der Waals surface area contributed by atoms with Gasteiger partial charge in [-0.15, -0.1) is 0 Å². The minimum absolute atomic E-state index is 0.123. The van der Waals surface area contributed by atoms with Crippen LogP contribution >= 0.6 is 11.6 Å². The zero-order valence-corrected chi connectivity index (χ0v) is 14.6. The molecule has 0 saturated heterocycles. The summed E-state index contributed by atoms with van der Waals surface area (Å²) in [7, 11) is 2.77. The molecule has 0 aliphatic heterocycles. The van der Waals surface area contributed by atoms with Crippen LogP contribution in [0.25, 0.3) is 0 Å². The summed E-state index contributed by atoms with van der Waals surface area (Å²) in [5.41, 5.74) is 1.04. The van der Waals surface area contributed by atoms with Crippen molar-refractivity contribution in [3.05, 3.63) is 58.6 Å². The summed E-state index contributed by atoms with van der Waals surface area (Å²) >= 11 is 5.78. The highest BCUT2D eigenvalue weighted by molar-refractivity contribution is 6.30. The number of nitrogens with one attached hydrogen (secondary N) is 1. The topological polar surface area (TPSA) is 73.9 Å². The number of hydrogen-bond acceptors (Lipinski definition) is 5. The fourth-order valence-corrected chi connectivity index (χ4v) is 2.19. The van der Waals surface area contributed by atoms with Crippen molar-refractivity contribution < 1.29 is 23.8 Å². The maximum atomic E-state index is 11.9. The second-order valence-electron chi connectivity index (χ2n) is 5.05. The third kappa shape index (κ3) is 5.39. The van der Waals surface area contributed by atoms with E-state index in [-0.39, 0.29) is 19.1 Å². The normalized spacial score (nSPS) is 10.0. The lowest BCUT2D eigenvalue weighted by molar-refractivity contribution is -0.123. The van der Waals surface area contributed by atoms with Gasteiger partial charge in [-0.25, -0.2) is 4.79 Å². The first-order valence-electron chi connectivity index (χ1n) is 7.43. The molecule has 25 heavy (non-hydrogen) atoms. The molecule has 132 valence electrons. The van der Waals surface area contributed by atoms with E-state index in [9.17, 15) is 9.59 Å². The Bertz CT molecular complexity index is 746. The summed E-state index contributed by atoms with van der Waals surface area (Å²) in [5, 5.41) is 3.31. The maximum Gasteiger partial charge on any atom is 0.341 e. The van der Waals surface area contributed by atoms with Gasteiger partial charge < -0.3 is 19.5 Å². The zero-order chi connectivity index (χ0) is 18.2. The Morgan fingerprint density at radius 1 is 1.08 bits per heavy atom. The molecule has 1 amide bonds. The number of ether oxygens (including phenoxy) is 3. The summed E-state index contributed by atoms with van der Waals surface area (Å²) in [6.07, 6.45) is 0. The van der Waals surface area contributed by atoms with Crippen molar-refractivity contribution in [2.24, 2.45) is 0 Å². The molecule has 0 saturated carbocycles. The molecule has 0 heterocycles. The van der Waals surface area contributed by atoms with Crippen LogP contribution in [-0.4, -0.2) is 32.7 Å². The molecule has 7 heteroatoms. The first-order chi connectivity index (χ1) is 12.0. The van der Waals surface area contributed by atoms with Crippen LogP contribution in [0.1, 0.15) is 15.9 Å². The van der Waals surface area contributed by atoms with Crippen molar-refractivity contribution in [3.63, 3.8) is 0 Å². The number of halogens is 1. The minimum Gasteiger partial charge on any atom is -0.496 e. The van der Waals surface area contributed by atoms with E-state index in [0.29, 0.717) is 22.1 Å². The Morgan fingerprint density at radius 2 is 1.80 bits per heavy atom. The highest BCUT2D eigenvalue weighted by Gasteiger charge is 2.13. The first-order valence-corrected chi connectivity index (χ1v) is 7.81. The molecule has 0 fully saturated rings. The Hall–Kier alpha value is -2.73. The number of rotatable bonds is 7. The van der Waals surface area contributed by atoms with E-state index in [1.54, 1.807) is 42.5 Å². The molecule has 2 aromatic rings. The second-order valence-corrected chi connectivity index (χ2v) is 5.48. The number of amides is 1. The van der Waals surface area contributed by atoms with Gasteiger partial charge in [0.2, 0.25) is 0 Å². The van der Waals surface area contributed by atoms with Gasteiger partial charge >= 0.3 is 5.97 Å². The second kappa shape index (κ2) is 8.94. The minimum atomic E-state index is -0.504. The van der Waals surface area contributed by atoms with Crippen molar-refractivity contribution in [1.29, 1.82) is 0 Å². The lowest BCUT2D eigenvalue weighted by Crippen LogP contribution is -2.28. The smallest absolute Gasteiger partial charge is 0.341 e. The van der Waals surface area contributed by atoms with Gasteiger partial charge in [0.1, 0.15) is 17.1 Å². The van der Waals surface area contributed by atoms with Gasteiger partial charge in [-0.3, -0.25) is 4.79 Å². The van der Waals surface area contributed by atoms with Crippen molar-refractivity contribution in [2.45, 2.75) is 6.54 Å². The Kier molecular flexibility index (Phi) is 6.65. The summed E-state index contributed by atoms with van der Waals surface area (Å²) < 4.78 is 15.2. The molecule has 2 aromatic carbocycles. The SMILES string of the molecule is COC(=O)c1cc(CNC(=O)COc2ccc(Cl)cc2)ccc1OC. The predicted molar refractivity (Wildman–Crippen MR) is 93.1 cm³/mol. The molecule has 6 nitrogen and oxygen atoms in total. The van der Waals surface area contributed by atoms with E-state index in [2.05, 4.69) is 5.32 Å². The van der Waals surface area contributed by atoms with Gasteiger partial charge in [-0.05, 0) is 42.0 Å². The summed E-state index contributed by atoms with van der Waals surface area (Å²) in [5.74, 6) is 0.173. The highest BCUT2D eigenvalue weighted by Crippen LogP contribution is 2.20. The van der Waals surface area contributed by atoms with Gasteiger partial charge in [0.05, 0.1) is 14.2 Å². The molecule has 0 aromatic heterocycles. The number of carbonyl (C=O) groups excluding carboxylic acids is 2. The third-order valence-electron chi connectivity index (χ3n) is 3.34. The molecule has 0 spiro atoms. The monoisotopic (exact) mass is 363 g/mol. The van der Waals surface area contributed by atoms with Crippen molar-refractivity contribution in [3.8, 4) is 11.5 Å². The van der Waals surface area contributed by atoms with E-state index in [1.165, 1.54) is 14.2 Å². The number of benzene rings is 2. The van der Waals surface area contributed by atoms with Crippen LogP contribution < -0.4 is 14.8 Å². The zero-order valence-electron chi connectivity index (χ0n) is 13.9. The Balaban J connectivity index is 1.90. The van der Waals surface area contributed by atoms with E-state index in [0.717, 1.165) is 5.56 Å². The van der Waals surface area contributed by atoms with Crippen molar-refractivity contribution in [1.82, 2.24) is 5.32 Å². The van der Waals surface area contributed by atoms with Crippen LogP contribution in [0.4, 0.5) is 0 Å². The Labute approximate surface area is 150 Å². The molecule has 2 rings (SSSR count). The molecule has 1 N–H and O–H groups in total. The summed E-state index contributed by atoms with van der Waals surface area (Å²) in [6.45, 7) is 0.123. The van der Waals surface area contributed by atoms with E-state index >= 15 is 0 Å². The van der Waals surface area contributed by atoms with Crippen molar-refractivity contribution >= 4 is 23.5 Å². The van der Waals surface area contributed by atoms with E-state index in [4.69, 9.17) is 25.8 Å². The molecule has 0 aliphatic carbocycles.